The molecule has 0 aliphatic carbocycles. The van der Waals surface area contributed by atoms with Gasteiger partial charge in [-0.1, -0.05) is 19.4 Å². The average Bonchev–Trinajstić information content (AvgIpc) is 2.38. The summed E-state index contributed by atoms with van der Waals surface area (Å²) in [6.07, 6.45) is 8.74. The van der Waals surface area contributed by atoms with Crippen molar-refractivity contribution in [3.8, 4) is 11.3 Å². The van der Waals surface area contributed by atoms with Gasteiger partial charge in [-0.15, -0.1) is 0 Å². The highest BCUT2D eigenvalue weighted by atomic mass is 14.9. The molecule has 0 N–H and O–H groups in total. The zero-order valence-electron chi connectivity index (χ0n) is 9.43. The van der Waals surface area contributed by atoms with Crippen LogP contribution in [0.4, 0.5) is 0 Å². The Kier molecular flexibility index (Phi) is 3.59. The SMILES string of the molecule is CCCCc1ncc(-c2ccccn2)cn1. The van der Waals surface area contributed by atoms with E-state index < -0.39 is 0 Å². The summed E-state index contributed by atoms with van der Waals surface area (Å²) in [5.74, 6) is 0.918. The van der Waals surface area contributed by atoms with Gasteiger partial charge < -0.3 is 0 Å². The smallest absolute Gasteiger partial charge is 0.128 e. The molecule has 0 aliphatic heterocycles. The van der Waals surface area contributed by atoms with Crippen LogP contribution in [-0.2, 0) is 6.42 Å². The van der Waals surface area contributed by atoms with E-state index in [9.17, 15) is 0 Å². The Morgan fingerprint density at radius 3 is 2.50 bits per heavy atom. The van der Waals surface area contributed by atoms with Gasteiger partial charge in [-0.2, -0.15) is 0 Å². The summed E-state index contributed by atoms with van der Waals surface area (Å²) in [5, 5.41) is 0. The Hall–Kier alpha value is -1.77. The van der Waals surface area contributed by atoms with Crippen molar-refractivity contribution in [2.45, 2.75) is 26.2 Å². The van der Waals surface area contributed by atoms with Crippen LogP contribution >= 0.6 is 0 Å². The van der Waals surface area contributed by atoms with Gasteiger partial charge in [-0.25, -0.2) is 9.97 Å². The second-order valence-electron chi connectivity index (χ2n) is 3.71. The van der Waals surface area contributed by atoms with Crippen molar-refractivity contribution in [2.24, 2.45) is 0 Å². The molecular formula is C13H15N3. The van der Waals surface area contributed by atoms with Gasteiger partial charge in [0.05, 0.1) is 5.69 Å². The Bertz CT molecular complexity index is 423. The monoisotopic (exact) mass is 213 g/mol. The van der Waals surface area contributed by atoms with E-state index in [1.165, 1.54) is 6.42 Å². The summed E-state index contributed by atoms with van der Waals surface area (Å²) in [7, 11) is 0. The maximum absolute atomic E-state index is 4.34. The van der Waals surface area contributed by atoms with E-state index in [0.717, 1.165) is 29.9 Å². The lowest BCUT2D eigenvalue weighted by Gasteiger charge is -2.01. The van der Waals surface area contributed by atoms with E-state index in [1.54, 1.807) is 6.20 Å². The van der Waals surface area contributed by atoms with Crippen LogP contribution < -0.4 is 0 Å². The zero-order chi connectivity index (χ0) is 11.2. The lowest BCUT2D eigenvalue weighted by atomic mass is 10.2. The van der Waals surface area contributed by atoms with Gasteiger partial charge in [0.1, 0.15) is 5.82 Å². The van der Waals surface area contributed by atoms with Crippen molar-refractivity contribution in [1.82, 2.24) is 15.0 Å². The lowest BCUT2D eigenvalue weighted by molar-refractivity contribution is 0.752. The first-order valence-electron chi connectivity index (χ1n) is 5.62. The molecule has 0 saturated heterocycles. The second kappa shape index (κ2) is 5.35. The highest BCUT2D eigenvalue weighted by Gasteiger charge is 2.00. The summed E-state index contributed by atoms with van der Waals surface area (Å²) in [6.45, 7) is 2.17. The van der Waals surface area contributed by atoms with Gasteiger partial charge in [0.2, 0.25) is 0 Å². The quantitative estimate of drug-likeness (QED) is 0.783. The standard InChI is InChI=1S/C13H15N3/c1-2-3-7-13-15-9-11(10-16-13)12-6-4-5-8-14-12/h4-6,8-10H,2-3,7H2,1H3. The molecule has 82 valence electrons. The van der Waals surface area contributed by atoms with E-state index >= 15 is 0 Å². The zero-order valence-corrected chi connectivity index (χ0v) is 9.43. The Labute approximate surface area is 95.6 Å². The Balaban J connectivity index is 2.13. The van der Waals surface area contributed by atoms with Crippen molar-refractivity contribution in [2.75, 3.05) is 0 Å². The highest BCUT2D eigenvalue weighted by molar-refractivity contribution is 5.55. The number of unbranched alkanes of at least 4 members (excludes halogenated alkanes) is 1. The number of hydrogen-bond donors (Lipinski definition) is 0. The predicted molar refractivity (Wildman–Crippen MR) is 63.9 cm³/mol. The number of hydrogen-bond acceptors (Lipinski definition) is 3. The Morgan fingerprint density at radius 1 is 1.06 bits per heavy atom. The van der Waals surface area contributed by atoms with Crippen LogP contribution in [0.1, 0.15) is 25.6 Å². The number of rotatable bonds is 4. The molecule has 2 aromatic heterocycles. The van der Waals surface area contributed by atoms with E-state index in [4.69, 9.17) is 0 Å². The van der Waals surface area contributed by atoms with Crippen LogP contribution in [0, 0.1) is 0 Å². The molecule has 0 aliphatic rings. The minimum atomic E-state index is 0.918. The minimum Gasteiger partial charge on any atom is -0.256 e. The average molecular weight is 213 g/mol. The van der Waals surface area contributed by atoms with Crippen LogP contribution in [0.25, 0.3) is 11.3 Å². The largest absolute Gasteiger partial charge is 0.256 e. The van der Waals surface area contributed by atoms with Crippen molar-refractivity contribution in [1.29, 1.82) is 0 Å². The van der Waals surface area contributed by atoms with E-state index in [0.29, 0.717) is 0 Å². The molecule has 2 rings (SSSR count). The van der Waals surface area contributed by atoms with Gasteiger partial charge in [0.25, 0.3) is 0 Å². The van der Waals surface area contributed by atoms with E-state index in [1.807, 2.05) is 30.6 Å². The summed E-state index contributed by atoms with van der Waals surface area (Å²) < 4.78 is 0. The second-order valence-corrected chi connectivity index (χ2v) is 3.71. The molecule has 0 aromatic carbocycles. The molecule has 2 aromatic rings. The first-order chi connectivity index (χ1) is 7.90. The predicted octanol–water partition coefficient (Wildman–Crippen LogP) is 2.88. The van der Waals surface area contributed by atoms with E-state index in [-0.39, 0.29) is 0 Å². The number of aromatic nitrogens is 3. The molecule has 0 saturated carbocycles. The van der Waals surface area contributed by atoms with Crippen LogP contribution in [0.2, 0.25) is 0 Å². The normalized spacial score (nSPS) is 10.3. The van der Waals surface area contributed by atoms with Crippen LogP contribution in [0.3, 0.4) is 0 Å². The molecule has 0 unspecified atom stereocenters. The van der Waals surface area contributed by atoms with Crippen molar-refractivity contribution in [3.05, 3.63) is 42.6 Å². The van der Waals surface area contributed by atoms with Crippen LogP contribution in [0.15, 0.2) is 36.8 Å². The van der Waals surface area contributed by atoms with Crippen molar-refractivity contribution in [3.63, 3.8) is 0 Å². The third kappa shape index (κ3) is 2.63. The lowest BCUT2D eigenvalue weighted by Crippen LogP contribution is -1.95. The number of aryl methyl sites for hydroxylation is 1. The van der Waals surface area contributed by atoms with Gasteiger partial charge in [-0.05, 0) is 18.6 Å². The van der Waals surface area contributed by atoms with Crippen LogP contribution in [0.5, 0.6) is 0 Å². The fraction of sp³-hybridized carbons (Fsp3) is 0.308. The molecule has 3 heteroatoms. The number of nitrogens with zero attached hydrogens (tertiary/aromatic N) is 3. The molecule has 2 heterocycles. The minimum absolute atomic E-state index is 0.918. The van der Waals surface area contributed by atoms with Gasteiger partial charge in [-0.3, -0.25) is 4.98 Å². The summed E-state index contributed by atoms with van der Waals surface area (Å²) in [4.78, 5) is 12.9. The topological polar surface area (TPSA) is 38.7 Å². The molecule has 3 nitrogen and oxygen atoms in total. The molecule has 0 fully saturated rings. The van der Waals surface area contributed by atoms with Gasteiger partial charge >= 0.3 is 0 Å². The molecule has 0 spiro atoms. The van der Waals surface area contributed by atoms with Crippen molar-refractivity contribution < 1.29 is 0 Å². The molecule has 0 bridgehead atoms. The van der Waals surface area contributed by atoms with Crippen LogP contribution in [-0.4, -0.2) is 15.0 Å². The summed E-state index contributed by atoms with van der Waals surface area (Å²) in [5.41, 5.74) is 1.89. The molecular weight excluding hydrogens is 198 g/mol. The molecule has 0 radical (unpaired) electrons. The fourth-order valence-corrected chi connectivity index (χ4v) is 1.48. The molecule has 16 heavy (non-hydrogen) atoms. The highest BCUT2D eigenvalue weighted by Crippen LogP contribution is 2.13. The number of pyridine rings is 1. The summed E-state index contributed by atoms with van der Waals surface area (Å²) in [6, 6.07) is 5.83. The molecule has 0 amide bonds. The maximum Gasteiger partial charge on any atom is 0.128 e. The third-order valence-corrected chi connectivity index (χ3v) is 2.42. The van der Waals surface area contributed by atoms with Gasteiger partial charge in [0.15, 0.2) is 0 Å². The third-order valence-electron chi connectivity index (χ3n) is 2.42. The fourth-order valence-electron chi connectivity index (χ4n) is 1.48. The van der Waals surface area contributed by atoms with Gasteiger partial charge in [0, 0.05) is 30.6 Å². The van der Waals surface area contributed by atoms with Crippen molar-refractivity contribution >= 4 is 0 Å². The molecule has 0 atom stereocenters. The van der Waals surface area contributed by atoms with E-state index in [2.05, 4.69) is 21.9 Å². The maximum atomic E-state index is 4.34. The first kappa shape index (κ1) is 10.7. The first-order valence-corrected chi connectivity index (χ1v) is 5.62. The summed E-state index contributed by atoms with van der Waals surface area (Å²) >= 11 is 0. The Morgan fingerprint density at radius 2 is 1.88 bits per heavy atom.